The molecule has 0 bridgehead atoms. The predicted molar refractivity (Wildman–Crippen MR) is 77.2 cm³/mol. The number of nitro groups is 1. The van der Waals surface area contributed by atoms with E-state index in [1.807, 2.05) is 0 Å². The van der Waals surface area contributed by atoms with E-state index in [1.54, 1.807) is 30.3 Å². The first-order chi connectivity index (χ1) is 9.58. The highest BCUT2D eigenvalue weighted by molar-refractivity contribution is 6.33. The summed E-state index contributed by atoms with van der Waals surface area (Å²) in [7, 11) is 0. The average Bonchev–Trinajstić information content (AvgIpc) is 2.41. The number of nitrogens with one attached hydrogen (secondary N) is 2. The highest BCUT2D eigenvalue weighted by atomic mass is 35.5. The van der Waals surface area contributed by atoms with Gasteiger partial charge in [0.1, 0.15) is 5.69 Å². The minimum Gasteiger partial charge on any atom is -0.306 e. The summed E-state index contributed by atoms with van der Waals surface area (Å²) in [6, 6.07) is 12.0. The third-order valence-corrected chi connectivity index (χ3v) is 2.80. The number of carbonyl (C=O) groups excluding carboxylic acids is 1. The third-order valence-electron chi connectivity index (χ3n) is 2.47. The summed E-state index contributed by atoms with van der Waals surface area (Å²) < 4.78 is 0. The molecule has 7 heteroatoms. The molecule has 0 atom stereocenters. The number of rotatable bonds is 3. The zero-order valence-electron chi connectivity index (χ0n) is 10.2. The number of anilines is 2. The largest absolute Gasteiger partial charge is 0.323 e. The van der Waals surface area contributed by atoms with Gasteiger partial charge in [-0.2, -0.15) is 0 Å². The molecule has 2 N–H and O–H groups in total. The highest BCUT2D eigenvalue weighted by Crippen LogP contribution is 2.24. The van der Waals surface area contributed by atoms with Crippen LogP contribution in [0, 0.1) is 10.1 Å². The van der Waals surface area contributed by atoms with Gasteiger partial charge in [-0.3, -0.25) is 10.1 Å². The Bertz CT molecular complexity index is 661. The van der Waals surface area contributed by atoms with Gasteiger partial charge in [0.2, 0.25) is 0 Å². The maximum atomic E-state index is 11.8. The van der Waals surface area contributed by atoms with E-state index in [1.165, 1.54) is 18.2 Å². The molecule has 2 amide bonds. The van der Waals surface area contributed by atoms with E-state index >= 15 is 0 Å². The summed E-state index contributed by atoms with van der Waals surface area (Å²) in [5.41, 5.74) is 0.356. The summed E-state index contributed by atoms with van der Waals surface area (Å²) in [6.45, 7) is 0. The van der Waals surface area contributed by atoms with E-state index in [2.05, 4.69) is 10.6 Å². The van der Waals surface area contributed by atoms with Crippen molar-refractivity contribution in [3.8, 4) is 0 Å². The van der Waals surface area contributed by atoms with Gasteiger partial charge in [0, 0.05) is 6.07 Å². The summed E-state index contributed by atoms with van der Waals surface area (Å²) in [6.07, 6.45) is 0. The first-order valence-corrected chi connectivity index (χ1v) is 6.01. The van der Waals surface area contributed by atoms with Crippen LogP contribution in [0.5, 0.6) is 0 Å². The molecule has 0 saturated heterocycles. The lowest BCUT2D eigenvalue weighted by Gasteiger charge is -2.08. The van der Waals surface area contributed by atoms with E-state index in [4.69, 9.17) is 11.6 Å². The van der Waals surface area contributed by atoms with Gasteiger partial charge in [-0.05, 0) is 18.2 Å². The van der Waals surface area contributed by atoms with E-state index in [0.717, 1.165) is 0 Å². The number of amides is 2. The second-order valence-corrected chi connectivity index (χ2v) is 4.24. The molecule has 6 nitrogen and oxygen atoms in total. The molecular formula is C13H10ClN3O3. The molecule has 0 saturated carbocycles. The molecule has 0 radical (unpaired) electrons. The first-order valence-electron chi connectivity index (χ1n) is 5.64. The standard InChI is InChI=1S/C13H10ClN3O3/c14-9-5-1-2-6-10(9)15-13(18)16-11-7-3-4-8-12(11)17(19)20/h1-8H,(H2,15,16,18). The van der Waals surface area contributed by atoms with Gasteiger partial charge in [0.15, 0.2) is 0 Å². The summed E-state index contributed by atoms with van der Waals surface area (Å²) in [5, 5.41) is 16.1. The highest BCUT2D eigenvalue weighted by Gasteiger charge is 2.15. The van der Waals surface area contributed by atoms with Crippen molar-refractivity contribution in [1.82, 2.24) is 0 Å². The second kappa shape index (κ2) is 6.03. The predicted octanol–water partition coefficient (Wildman–Crippen LogP) is 3.89. The molecule has 2 aromatic rings. The third kappa shape index (κ3) is 3.24. The van der Waals surface area contributed by atoms with Crippen molar-refractivity contribution >= 4 is 34.7 Å². The van der Waals surface area contributed by atoms with Crippen molar-refractivity contribution in [3.63, 3.8) is 0 Å². The number of hydrogen-bond acceptors (Lipinski definition) is 3. The van der Waals surface area contributed by atoms with Crippen LogP contribution in [0.3, 0.4) is 0 Å². The number of carbonyl (C=O) groups is 1. The Labute approximate surface area is 119 Å². The van der Waals surface area contributed by atoms with Crippen molar-refractivity contribution in [3.05, 3.63) is 63.7 Å². The van der Waals surface area contributed by atoms with Crippen LogP contribution in [0.4, 0.5) is 21.9 Å². The summed E-state index contributed by atoms with van der Waals surface area (Å²) in [5.74, 6) is 0. The molecule has 2 aromatic carbocycles. The van der Waals surface area contributed by atoms with Crippen molar-refractivity contribution in [2.75, 3.05) is 10.6 Å². The van der Waals surface area contributed by atoms with E-state index < -0.39 is 11.0 Å². The van der Waals surface area contributed by atoms with Crippen LogP contribution in [-0.2, 0) is 0 Å². The molecule has 0 fully saturated rings. The SMILES string of the molecule is O=C(Nc1ccccc1Cl)Nc1ccccc1[N+](=O)[O-]. The van der Waals surface area contributed by atoms with Crippen LogP contribution in [0.25, 0.3) is 0 Å². The first kappa shape index (κ1) is 13.8. The topological polar surface area (TPSA) is 84.3 Å². The molecular weight excluding hydrogens is 282 g/mol. The molecule has 2 rings (SSSR count). The second-order valence-electron chi connectivity index (χ2n) is 3.83. The van der Waals surface area contributed by atoms with Crippen molar-refractivity contribution in [1.29, 1.82) is 0 Å². The fourth-order valence-corrected chi connectivity index (χ4v) is 1.76. The molecule has 20 heavy (non-hydrogen) atoms. The fraction of sp³-hybridized carbons (Fsp3) is 0. The fourth-order valence-electron chi connectivity index (χ4n) is 1.58. The molecule has 0 heterocycles. The Balaban J connectivity index is 2.13. The van der Waals surface area contributed by atoms with Crippen LogP contribution in [-0.4, -0.2) is 11.0 Å². The lowest BCUT2D eigenvalue weighted by atomic mass is 10.2. The number of hydrogen-bond donors (Lipinski definition) is 2. The zero-order chi connectivity index (χ0) is 14.5. The van der Waals surface area contributed by atoms with Crippen molar-refractivity contribution in [2.45, 2.75) is 0 Å². The number of urea groups is 1. The summed E-state index contributed by atoms with van der Waals surface area (Å²) >= 11 is 5.90. The van der Waals surface area contributed by atoms with Crippen LogP contribution in [0.15, 0.2) is 48.5 Å². The molecule has 0 aromatic heterocycles. The Morgan fingerprint density at radius 1 is 1.00 bits per heavy atom. The quantitative estimate of drug-likeness (QED) is 0.664. The maximum Gasteiger partial charge on any atom is 0.323 e. The van der Waals surface area contributed by atoms with Crippen molar-refractivity contribution < 1.29 is 9.72 Å². The van der Waals surface area contributed by atoms with Crippen LogP contribution >= 0.6 is 11.6 Å². The minimum atomic E-state index is -0.604. The Kier molecular flexibility index (Phi) is 4.17. The van der Waals surface area contributed by atoms with Gasteiger partial charge < -0.3 is 10.6 Å². The maximum absolute atomic E-state index is 11.8. The molecule has 0 spiro atoms. The number of benzene rings is 2. The van der Waals surface area contributed by atoms with Gasteiger partial charge in [-0.1, -0.05) is 35.9 Å². The van der Waals surface area contributed by atoms with Gasteiger partial charge in [-0.15, -0.1) is 0 Å². The van der Waals surface area contributed by atoms with Crippen LogP contribution in [0.1, 0.15) is 0 Å². The number of halogens is 1. The Hall–Kier alpha value is -2.60. The molecule has 102 valence electrons. The van der Waals surface area contributed by atoms with Crippen LogP contribution < -0.4 is 10.6 Å². The molecule has 0 aliphatic rings. The molecule has 0 aliphatic carbocycles. The number of para-hydroxylation sites is 3. The summed E-state index contributed by atoms with van der Waals surface area (Å²) in [4.78, 5) is 22.1. The van der Waals surface area contributed by atoms with Crippen LogP contribution in [0.2, 0.25) is 5.02 Å². The lowest BCUT2D eigenvalue weighted by molar-refractivity contribution is -0.383. The van der Waals surface area contributed by atoms with Gasteiger partial charge in [-0.25, -0.2) is 4.79 Å². The normalized spacial score (nSPS) is 9.85. The van der Waals surface area contributed by atoms with Gasteiger partial charge >= 0.3 is 6.03 Å². The van der Waals surface area contributed by atoms with E-state index in [0.29, 0.717) is 10.7 Å². The Morgan fingerprint density at radius 2 is 1.55 bits per heavy atom. The number of nitro benzene ring substituents is 1. The number of nitrogens with zero attached hydrogens (tertiary/aromatic N) is 1. The Morgan fingerprint density at radius 3 is 2.20 bits per heavy atom. The lowest BCUT2D eigenvalue weighted by Crippen LogP contribution is -2.20. The monoisotopic (exact) mass is 291 g/mol. The van der Waals surface area contributed by atoms with E-state index in [9.17, 15) is 14.9 Å². The molecule has 0 aliphatic heterocycles. The zero-order valence-corrected chi connectivity index (χ0v) is 10.9. The minimum absolute atomic E-state index is 0.113. The average molecular weight is 292 g/mol. The van der Waals surface area contributed by atoms with Gasteiger partial charge in [0.05, 0.1) is 15.6 Å². The smallest absolute Gasteiger partial charge is 0.306 e. The van der Waals surface area contributed by atoms with E-state index in [-0.39, 0.29) is 11.4 Å². The van der Waals surface area contributed by atoms with Crippen molar-refractivity contribution in [2.24, 2.45) is 0 Å². The molecule has 0 unspecified atom stereocenters. The van der Waals surface area contributed by atoms with Gasteiger partial charge in [0.25, 0.3) is 5.69 Å².